The minimum atomic E-state index is 0.481. The average Bonchev–Trinajstić information content (AvgIpc) is 2.93. The van der Waals surface area contributed by atoms with Crippen molar-refractivity contribution in [2.45, 2.75) is 51.6 Å². The number of methoxy groups -OCH3 is 1. The van der Waals surface area contributed by atoms with Crippen molar-refractivity contribution < 1.29 is 14.2 Å². The number of nitrogens with zero attached hydrogens (tertiary/aromatic N) is 3. The molecule has 6 nitrogen and oxygen atoms in total. The predicted octanol–water partition coefficient (Wildman–Crippen LogP) is 5.48. The monoisotopic (exact) mass is 527 g/mol. The van der Waals surface area contributed by atoms with Crippen molar-refractivity contribution in [3.8, 4) is 11.5 Å². The van der Waals surface area contributed by atoms with E-state index in [1.54, 1.807) is 7.11 Å². The first kappa shape index (κ1) is 26.6. The van der Waals surface area contributed by atoms with Crippen LogP contribution in [0.5, 0.6) is 11.5 Å². The third-order valence-corrected chi connectivity index (χ3v) is 8.87. The van der Waals surface area contributed by atoms with E-state index < -0.39 is 0 Å². The maximum absolute atomic E-state index is 6.27. The van der Waals surface area contributed by atoms with E-state index in [4.69, 9.17) is 25.8 Å². The fourth-order valence-corrected chi connectivity index (χ4v) is 6.49. The van der Waals surface area contributed by atoms with Crippen LogP contribution in [0.1, 0.15) is 48.4 Å². The van der Waals surface area contributed by atoms with Crippen molar-refractivity contribution in [2.24, 2.45) is 0 Å². The van der Waals surface area contributed by atoms with Gasteiger partial charge in [-0.15, -0.1) is 0 Å². The van der Waals surface area contributed by atoms with Crippen LogP contribution in [0, 0.1) is 13.8 Å². The number of hydrogen-bond acceptors (Lipinski definition) is 6. The first-order valence-corrected chi connectivity index (χ1v) is 14.3. The first-order chi connectivity index (χ1) is 18.0. The normalized spacial score (nSPS) is 23.1. The van der Waals surface area contributed by atoms with Crippen LogP contribution in [0.3, 0.4) is 0 Å². The number of halogens is 1. The molecule has 0 N–H and O–H groups in total. The summed E-state index contributed by atoms with van der Waals surface area (Å²) in [6, 6.07) is 11.7. The number of fused-ring (bicyclic) bond motifs is 1. The zero-order chi connectivity index (χ0) is 25.8. The van der Waals surface area contributed by atoms with E-state index in [2.05, 4.69) is 52.8 Å². The minimum absolute atomic E-state index is 0.481. The molecule has 7 heteroatoms. The molecule has 3 fully saturated rings. The molecule has 0 bridgehead atoms. The largest absolute Gasteiger partial charge is 0.495 e. The number of ether oxygens (including phenoxy) is 3. The van der Waals surface area contributed by atoms with E-state index in [1.807, 2.05) is 6.07 Å². The molecule has 0 saturated carbocycles. The maximum atomic E-state index is 6.27. The van der Waals surface area contributed by atoms with Crippen LogP contribution < -0.4 is 14.4 Å². The zero-order valence-corrected chi connectivity index (χ0v) is 23.4. The Morgan fingerprint density at radius 1 is 0.973 bits per heavy atom. The average molecular weight is 528 g/mol. The molecular formula is C30H42ClN3O3. The molecule has 0 radical (unpaired) electrons. The first-order valence-electron chi connectivity index (χ1n) is 13.9. The summed E-state index contributed by atoms with van der Waals surface area (Å²) in [4.78, 5) is 7.73. The number of rotatable bonds is 8. The van der Waals surface area contributed by atoms with Crippen molar-refractivity contribution in [3.05, 3.63) is 52.0 Å². The summed E-state index contributed by atoms with van der Waals surface area (Å²) >= 11 is 6.27. The minimum Gasteiger partial charge on any atom is -0.495 e. The molecule has 202 valence electrons. The van der Waals surface area contributed by atoms with Gasteiger partial charge in [-0.25, -0.2) is 0 Å². The molecule has 2 aromatic rings. The molecule has 0 aromatic heterocycles. The summed E-state index contributed by atoms with van der Waals surface area (Å²) < 4.78 is 17.2. The van der Waals surface area contributed by atoms with Crippen molar-refractivity contribution in [1.82, 2.24) is 9.80 Å². The van der Waals surface area contributed by atoms with Crippen molar-refractivity contribution in [3.63, 3.8) is 0 Å². The van der Waals surface area contributed by atoms with E-state index in [0.29, 0.717) is 17.1 Å². The lowest BCUT2D eigenvalue weighted by Gasteiger charge is -2.49. The van der Waals surface area contributed by atoms with Crippen LogP contribution in [-0.2, 0) is 4.74 Å². The highest BCUT2D eigenvalue weighted by Crippen LogP contribution is 2.40. The van der Waals surface area contributed by atoms with E-state index in [0.717, 1.165) is 77.0 Å². The number of anilines is 1. The second kappa shape index (κ2) is 12.2. The fourth-order valence-electron chi connectivity index (χ4n) is 6.29. The molecule has 0 aliphatic carbocycles. The molecule has 3 aliphatic heterocycles. The highest BCUT2D eigenvalue weighted by atomic mass is 35.5. The van der Waals surface area contributed by atoms with Crippen LogP contribution in [-0.4, -0.2) is 82.0 Å². The Morgan fingerprint density at radius 2 is 1.81 bits per heavy atom. The van der Waals surface area contributed by atoms with Crippen LogP contribution in [0.15, 0.2) is 30.3 Å². The number of hydrogen-bond donors (Lipinski definition) is 0. The summed E-state index contributed by atoms with van der Waals surface area (Å²) in [7, 11) is 1.68. The molecule has 5 rings (SSSR count). The molecule has 2 atom stereocenters. The van der Waals surface area contributed by atoms with Gasteiger partial charge in [0.1, 0.15) is 11.5 Å². The summed E-state index contributed by atoms with van der Waals surface area (Å²) in [6.45, 7) is 13.3. The summed E-state index contributed by atoms with van der Waals surface area (Å²) in [5, 5.41) is 0.665. The van der Waals surface area contributed by atoms with Gasteiger partial charge in [-0.1, -0.05) is 17.7 Å². The Hall–Kier alpha value is -1.99. The van der Waals surface area contributed by atoms with Gasteiger partial charge in [0, 0.05) is 63.1 Å². The molecule has 0 amide bonds. The second-order valence-electron chi connectivity index (χ2n) is 10.7. The smallest absolute Gasteiger partial charge is 0.139 e. The topological polar surface area (TPSA) is 37.4 Å². The Kier molecular flexibility index (Phi) is 8.81. The molecule has 1 unspecified atom stereocenters. The van der Waals surface area contributed by atoms with E-state index in [9.17, 15) is 0 Å². The number of piperidine rings is 1. The van der Waals surface area contributed by atoms with Gasteiger partial charge in [-0.05, 0) is 74.4 Å². The molecule has 3 heterocycles. The van der Waals surface area contributed by atoms with E-state index >= 15 is 0 Å². The van der Waals surface area contributed by atoms with Gasteiger partial charge in [0.05, 0.1) is 32.0 Å². The lowest BCUT2D eigenvalue weighted by atomic mass is 9.86. The van der Waals surface area contributed by atoms with Crippen molar-refractivity contribution >= 4 is 17.3 Å². The highest BCUT2D eigenvalue weighted by molar-refractivity contribution is 6.32. The van der Waals surface area contributed by atoms with Crippen molar-refractivity contribution in [2.75, 3.05) is 71.1 Å². The quantitative estimate of drug-likeness (QED) is 0.423. The Bertz CT molecular complexity index is 1060. The molecular weight excluding hydrogens is 486 g/mol. The Morgan fingerprint density at radius 3 is 2.62 bits per heavy atom. The SMILES string of the molecule is COc1cc(N2CCN3C(c4ccc(OCCCN5CCOCC5)c(C)c4C)CCC[C@H]3C2)ccc1Cl. The Balaban J connectivity index is 1.21. The van der Waals surface area contributed by atoms with E-state index in [1.165, 1.54) is 41.6 Å². The van der Waals surface area contributed by atoms with Gasteiger partial charge in [-0.2, -0.15) is 0 Å². The van der Waals surface area contributed by atoms with Gasteiger partial charge < -0.3 is 19.1 Å². The number of morpholine rings is 1. The number of benzene rings is 2. The van der Waals surface area contributed by atoms with Gasteiger partial charge in [-0.3, -0.25) is 9.80 Å². The number of piperazine rings is 1. The molecule has 37 heavy (non-hydrogen) atoms. The third kappa shape index (κ3) is 6.03. The molecule has 3 saturated heterocycles. The van der Waals surface area contributed by atoms with Crippen LogP contribution in [0.4, 0.5) is 5.69 Å². The second-order valence-corrected chi connectivity index (χ2v) is 11.1. The summed E-state index contributed by atoms with van der Waals surface area (Å²) in [5.41, 5.74) is 5.36. The van der Waals surface area contributed by atoms with Crippen LogP contribution >= 0.6 is 11.6 Å². The van der Waals surface area contributed by atoms with Gasteiger partial charge >= 0.3 is 0 Å². The van der Waals surface area contributed by atoms with Crippen LogP contribution in [0.2, 0.25) is 5.02 Å². The zero-order valence-electron chi connectivity index (χ0n) is 22.7. The lowest BCUT2D eigenvalue weighted by Crippen LogP contribution is -2.56. The van der Waals surface area contributed by atoms with Gasteiger partial charge in [0.15, 0.2) is 0 Å². The van der Waals surface area contributed by atoms with Crippen LogP contribution in [0.25, 0.3) is 0 Å². The third-order valence-electron chi connectivity index (χ3n) is 8.56. The fraction of sp³-hybridized carbons (Fsp3) is 0.600. The van der Waals surface area contributed by atoms with Crippen molar-refractivity contribution in [1.29, 1.82) is 0 Å². The molecule has 0 spiro atoms. The van der Waals surface area contributed by atoms with Gasteiger partial charge in [0.2, 0.25) is 0 Å². The maximum Gasteiger partial charge on any atom is 0.139 e. The Labute approximate surface area is 227 Å². The van der Waals surface area contributed by atoms with Gasteiger partial charge in [0.25, 0.3) is 0 Å². The predicted molar refractivity (Wildman–Crippen MR) is 151 cm³/mol. The molecule has 2 aromatic carbocycles. The molecule has 3 aliphatic rings. The lowest BCUT2D eigenvalue weighted by molar-refractivity contribution is 0.0358. The van der Waals surface area contributed by atoms with E-state index in [-0.39, 0.29) is 0 Å². The summed E-state index contributed by atoms with van der Waals surface area (Å²) in [6.07, 6.45) is 4.79. The standard InChI is InChI=1S/C30H42ClN3O3/c1-22-23(2)29(37-17-5-12-32-15-18-36-19-16-32)11-9-26(22)28-7-4-6-25-21-33(13-14-34(25)28)24-8-10-27(31)30(20-24)35-3/h8-11,20,25,28H,4-7,12-19,21H2,1-3H3/t25-,28?/m0/s1. The summed E-state index contributed by atoms with van der Waals surface area (Å²) in [5.74, 6) is 1.79. The highest BCUT2D eigenvalue weighted by Gasteiger charge is 2.36.